The van der Waals surface area contributed by atoms with E-state index in [0.29, 0.717) is 28.5 Å². The Balaban J connectivity index is 1.24. The van der Waals surface area contributed by atoms with Crippen LogP contribution in [0.3, 0.4) is 0 Å². The Hall–Kier alpha value is -4.90. The summed E-state index contributed by atoms with van der Waals surface area (Å²) in [5.41, 5.74) is 3.96. The van der Waals surface area contributed by atoms with Crippen molar-refractivity contribution >= 4 is 39.8 Å². The molecular formula is C32H30F3N7O. The molecule has 0 spiro atoms. The zero-order valence-electron chi connectivity index (χ0n) is 23.7. The number of likely N-dealkylation sites (N-methyl/N-ethyl adjacent to an activating group) is 1. The maximum atomic E-state index is 12.9. The first kappa shape index (κ1) is 28.2. The van der Waals surface area contributed by atoms with Gasteiger partial charge in [-0.25, -0.2) is 9.97 Å². The molecule has 11 heteroatoms. The molecule has 3 aromatic carbocycles. The molecule has 0 atom stereocenters. The topological polar surface area (TPSA) is 89.2 Å². The molecule has 1 saturated heterocycles. The van der Waals surface area contributed by atoms with Crippen molar-refractivity contribution in [2.24, 2.45) is 0 Å². The molecule has 3 heterocycles. The summed E-state index contributed by atoms with van der Waals surface area (Å²) in [6, 6.07) is 19.7. The average Bonchev–Trinajstić information content (AvgIpc) is 3.48. The first-order chi connectivity index (χ1) is 20.7. The van der Waals surface area contributed by atoms with Crippen LogP contribution in [0.25, 0.3) is 22.4 Å². The number of fused-ring (bicyclic) bond motifs is 1. The van der Waals surface area contributed by atoms with Crippen molar-refractivity contribution in [3.8, 4) is 11.4 Å². The van der Waals surface area contributed by atoms with E-state index in [2.05, 4.69) is 44.6 Å². The first-order valence-electron chi connectivity index (χ1n) is 13.9. The lowest BCUT2D eigenvalue weighted by molar-refractivity contribution is -0.137. The summed E-state index contributed by atoms with van der Waals surface area (Å²) >= 11 is 0. The number of aromatic amines is 1. The summed E-state index contributed by atoms with van der Waals surface area (Å²) in [5, 5.41) is 7.08. The number of amides is 1. The van der Waals surface area contributed by atoms with E-state index < -0.39 is 17.6 Å². The van der Waals surface area contributed by atoms with Crippen LogP contribution in [0.1, 0.15) is 21.5 Å². The molecule has 0 unspecified atom stereocenters. The van der Waals surface area contributed by atoms with Gasteiger partial charge < -0.3 is 25.4 Å². The Morgan fingerprint density at radius 3 is 2.33 bits per heavy atom. The summed E-state index contributed by atoms with van der Waals surface area (Å²) in [5.74, 6) is 0.568. The molecule has 2 aromatic heterocycles. The summed E-state index contributed by atoms with van der Waals surface area (Å²) in [4.78, 5) is 30.3. The number of nitrogens with zero attached hydrogens (tertiary/aromatic N) is 4. The van der Waals surface area contributed by atoms with E-state index in [-0.39, 0.29) is 5.56 Å². The van der Waals surface area contributed by atoms with Gasteiger partial charge in [0.1, 0.15) is 11.5 Å². The molecule has 8 nitrogen and oxygen atoms in total. The fraction of sp³-hybridized carbons (Fsp3) is 0.219. The average molecular weight is 586 g/mol. The molecule has 220 valence electrons. The number of aromatic nitrogens is 3. The molecule has 1 amide bonds. The molecule has 0 radical (unpaired) electrons. The van der Waals surface area contributed by atoms with Gasteiger partial charge in [0.15, 0.2) is 5.82 Å². The molecule has 0 saturated carbocycles. The third kappa shape index (κ3) is 6.02. The van der Waals surface area contributed by atoms with E-state index in [4.69, 9.17) is 9.97 Å². The Bertz CT molecular complexity index is 1760. The molecule has 1 aliphatic rings. The number of hydrogen-bond acceptors (Lipinski definition) is 6. The van der Waals surface area contributed by atoms with Gasteiger partial charge in [0.05, 0.1) is 10.9 Å². The number of nitrogens with one attached hydrogen (secondary N) is 3. The van der Waals surface area contributed by atoms with Gasteiger partial charge in [-0.3, -0.25) is 4.79 Å². The quantitative estimate of drug-likeness (QED) is 0.206. The van der Waals surface area contributed by atoms with Crippen LogP contribution in [-0.4, -0.2) is 59.0 Å². The highest BCUT2D eigenvalue weighted by molar-refractivity contribution is 6.05. The Morgan fingerprint density at radius 2 is 1.63 bits per heavy atom. The van der Waals surface area contributed by atoms with Crippen molar-refractivity contribution in [2.75, 3.05) is 48.8 Å². The predicted octanol–water partition coefficient (Wildman–Crippen LogP) is 6.70. The minimum atomic E-state index is -4.47. The number of anilines is 4. The van der Waals surface area contributed by atoms with Gasteiger partial charge in [0, 0.05) is 60.6 Å². The second-order valence-corrected chi connectivity index (χ2v) is 10.6. The van der Waals surface area contributed by atoms with Crippen molar-refractivity contribution in [3.63, 3.8) is 0 Å². The normalized spacial score (nSPS) is 14.2. The Kier molecular flexibility index (Phi) is 7.49. The van der Waals surface area contributed by atoms with E-state index in [1.54, 1.807) is 18.3 Å². The largest absolute Gasteiger partial charge is 0.416 e. The summed E-state index contributed by atoms with van der Waals surface area (Å²) in [6.45, 7) is 5.89. The lowest BCUT2D eigenvalue weighted by atomic mass is 10.0. The van der Waals surface area contributed by atoms with Crippen molar-refractivity contribution in [3.05, 3.63) is 95.7 Å². The number of carbonyl (C=O) groups is 1. The lowest BCUT2D eigenvalue weighted by Gasteiger charge is -2.34. The molecule has 0 bridgehead atoms. The minimum Gasteiger partial charge on any atom is -0.369 e. The van der Waals surface area contributed by atoms with Crippen LogP contribution in [-0.2, 0) is 6.18 Å². The fourth-order valence-electron chi connectivity index (χ4n) is 5.13. The van der Waals surface area contributed by atoms with E-state index in [9.17, 15) is 18.0 Å². The number of rotatable bonds is 6. The number of hydrogen-bond donors (Lipinski definition) is 3. The SMILES string of the molecule is Cc1c(NC(=O)c2ccc(C(F)(F)F)cc2)cccc1-c1nc(Nc2ccc(N3CCN(C)CC3)cc2)c2cc[nH]c2n1. The fourth-order valence-corrected chi connectivity index (χ4v) is 5.13. The van der Waals surface area contributed by atoms with E-state index >= 15 is 0 Å². The predicted molar refractivity (Wildman–Crippen MR) is 163 cm³/mol. The Labute approximate surface area is 246 Å². The van der Waals surface area contributed by atoms with Crippen LogP contribution in [0.5, 0.6) is 0 Å². The molecule has 5 aromatic rings. The van der Waals surface area contributed by atoms with Crippen molar-refractivity contribution in [1.29, 1.82) is 0 Å². The van der Waals surface area contributed by atoms with Crippen LogP contribution in [0.4, 0.5) is 36.1 Å². The van der Waals surface area contributed by atoms with Crippen LogP contribution < -0.4 is 15.5 Å². The van der Waals surface area contributed by atoms with Crippen molar-refractivity contribution in [1.82, 2.24) is 19.9 Å². The third-order valence-electron chi connectivity index (χ3n) is 7.71. The van der Waals surface area contributed by atoms with E-state index in [0.717, 1.165) is 67.1 Å². The van der Waals surface area contributed by atoms with Gasteiger partial charge >= 0.3 is 6.18 Å². The number of alkyl halides is 3. The van der Waals surface area contributed by atoms with Gasteiger partial charge in [0.2, 0.25) is 0 Å². The third-order valence-corrected chi connectivity index (χ3v) is 7.71. The molecule has 1 fully saturated rings. The number of halogens is 3. The summed E-state index contributed by atoms with van der Waals surface area (Å²) in [6.07, 6.45) is -2.67. The van der Waals surface area contributed by atoms with E-state index in [1.807, 2.05) is 31.2 Å². The van der Waals surface area contributed by atoms with Gasteiger partial charge in [-0.1, -0.05) is 12.1 Å². The van der Waals surface area contributed by atoms with Gasteiger partial charge in [-0.2, -0.15) is 13.2 Å². The Morgan fingerprint density at radius 1 is 0.907 bits per heavy atom. The second-order valence-electron chi connectivity index (χ2n) is 10.6. The zero-order valence-corrected chi connectivity index (χ0v) is 23.7. The zero-order chi connectivity index (χ0) is 30.1. The highest BCUT2D eigenvalue weighted by Gasteiger charge is 2.30. The highest BCUT2D eigenvalue weighted by atomic mass is 19.4. The first-order valence-corrected chi connectivity index (χ1v) is 13.9. The summed E-state index contributed by atoms with van der Waals surface area (Å²) < 4.78 is 38.8. The molecule has 0 aliphatic carbocycles. The number of carbonyl (C=O) groups excluding carboxylic acids is 1. The van der Waals surface area contributed by atoms with Crippen LogP contribution in [0, 0.1) is 6.92 Å². The van der Waals surface area contributed by atoms with E-state index in [1.165, 1.54) is 5.69 Å². The summed E-state index contributed by atoms with van der Waals surface area (Å²) in [7, 11) is 2.14. The monoisotopic (exact) mass is 585 g/mol. The number of piperazine rings is 1. The molecule has 3 N–H and O–H groups in total. The van der Waals surface area contributed by atoms with Crippen molar-refractivity contribution in [2.45, 2.75) is 13.1 Å². The van der Waals surface area contributed by atoms with Crippen molar-refractivity contribution < 1.29 is 18.0 Å². The second kappa shape index (κ2) is 11.4. The molecular weight excluding hydrogens is 555 g/mol. The molecule has 1 aliphatic heterocycles. The van der Waals surface area contributed by atoms with Crippen LogP contribution in [0.2, 0.25) is 0 Å². The van der Waals surface area contributed by atoms with Gasteiger partial charge in [0.25, 0.3) is 5.91 Å². The molecule has 6 rings (SSSR count). The van der Waals surface area contributed by atoms with Crippen LogP contribution in [0.15, 0.2) is 79.0 Å². The standard InChI is InChI=1S/C32H30F3N7O/c1-20-25(4-3-5-27(20)38-31(43)21-6-8-22(9-7-21)32(33,34)35)29-39-28-26(14-15-36-28)30(40-29)37-23-10-12-24(13-11-23)42-18-16-41(2)17-19-42/h3-15H,16-19H2,1-2H3,(H,38,43)(H2,36,37,39,40). The van der Waals surface area contributed by atoms with Crippen LogP contribution >= 0.6 is 0 Å². The molecule has 43 heavy (non-hydrogen) atoms. The van der Waals surface area contributed by atoms with Gasteiger partial charge in [-0.15, -0.1) is 0 Å². The smallest absolute Gasteiger partial charge is 0.369 e. The maximum Gasteiger partial charge on any atom is 0.416 e. The van der Waals surface area contributed by atoms with Gasteiger partial charge in [-0.05, 0) is 80.2 Å². The lowest BCUT2D eigenvalue weighted by Crippen LogP contribution is -2.44. The maximum absolute atomic E-state index is 12.9. The highest BCUT2D eigenvalue weighted by Crippen LogP contribution is 2.32. The minimum absolute atomic E-state index is 0.118. The number of H-pyrrole nitrogens is 1. The number of benzene rings is 3.